The summed E-state index contributed by atoms with van der Waals surface area (Å²) in [7, 11) is 0. The van der Waals surface area contributed by atoms with Crippen LogP contribution in [0.4, 0.5) is 5.69 Å². The lowest BCUT2D eigenvalue weighted by Gasteiger charge is -2.39. The van der Waals surface area contributed by atoms with Gasteiger partial charge >= 0.3 is 0 Å². The Morgan fingerprint density at radius 2 is 1.93 bits per heavy atom. The number of benzene rings is 2. The summed E-state index contributed by atoms with van der Waals surface area (Å²) in [6.45, 7) is 0.655. The third-order valence-electron chi connectivity index (χ3n) is 6.12. The lowest BCUT2D eigenvalue weighted by Crippen LogP contribution is -2.49. The van der Waals surface area contributed by atoms with E-state index >= 15 is 0 Å². The second kappa shape index (κ2) is 7.09. The van der Waals surface area contributed by atoms with Crippen LogP contribution in [0.15, 0.2) is 65.7 Å². The molecule has 2 aliphatic heterocycles. The lowest BCUT2D eigenvalue weighted by atomic mass is 9.81. The highest BCUT2D eigenvalue weighted by atomic mass is 16.6. The van der Waals surface area contributed by atoms with Gasteiger partial charge in [-0.1, -0.05) is 47.9 Å². The fourth-order valence-electron chi connectivity index (χ4n) is 4.97. The van der Waals surface area contributed by atoms with E-state index < -0.39 is 5.60 Å². The van der Waals surface area contributed by atoms with Gasteiger partial charge < -0.3 is 9.47 Å². The summed E-state index contributed by atoms with van der Waals surface area (Å²) in [6, 6.07) is 17.6. The first kappa shape index (κ1) is 18.0. The quantitative estimate of drug-likeness (QED) is 0.585. The highest BCUT2D eigenvalue weighted by Crippen LogP contribution is 2.55. The zero-order valence-electron chi connectivity index (χ0n) is 16.3. The monoisotopic (exact) mass is 385 g/mol. The standard InChI is InChI=1S/C25H23NO3/c1-2-15-26-23-14-7-6-12-22(23)25(24(26)27)21-13-8-9-18(21)16-20(29-25)17-28-19-10-4-3-5-11-19/h1,3-7,10-12,14,20H,8-9,13,15-17H2/t20-,25+/m0/s1. The molecule has 4 nitrogen and oxygen atoms in total. The number of amides is 1. The summed E-state index contributed by atoms with van der Waals surface area (Å²) in [5, 5.41) is 0. The Hall–Kier alpha value is -3.03. The molecule has 2 aromatic carbocycles. The van der Waals surface area contributed by atoms with Crippen LogP contribution >= 0.6 is 0 Å². The van der Waals surface area contributed by atoms with E-state index in [0.717, 1.165) is 48.3 Å². The van der Waals surface area contributed by atoms with Crippen molar-refractivity contribution in [1.82, 2.24) is 0 Å². The van der Waals surface area contributed by atoms with E-state index in [9.17, 15) is 4.79 Å². The van der Waals surface area contributed by atoms with Crippen molar-refractivity contribution in [3.05, 3.63) is 71.3 Å². The molecule has 0 N–H and O–H groups in total. The highest BCUT2D eigenvalue weighted by molar-refractivity contribution is 6.09. The first-order valence-corrected chi connectivity index (χ1v) is 10.2. The molecule has 2 heterocycles. The fraction of sp³-hybridized carbons (Fsp3) is 0.320. The Balaban J connectivity index is 1.53. The molecule has 2 atom stereocenters. The van der Waals surface area contributed by atoms with Gasteiger partial charge in [0, 0.05) is 5.56 Å². The Bertz CT molecular complexity index is 1020. The summed E-state index contributed by atoms with van der Waals surface area (Å²) >= 11 is 0. The number of anilines is 1. The van der Waals surface area contributed by atoms with Crippen LogP contribution < -0.4 is 9.64 Å². The van der Waals surface area contributed by atoms with E-state index in [1.165, 1.54) is 5.57 Å². The molecule has 4 heteroatoms. The molecule has 1 aliphatic carbocycles. The van der Waals surface area contributed by atoms with E-state index in [1.807, 2.05) is 54.6 Å². The SMILES string of the molecule is C#CCN1C(=O)[C@]2(O[C@H](COc3ccccc3)CC3=C2CCC3)c2ccccc21. The number of hydrogen-bond acceptors (Lipinski definition) is 3. The number of nitrogens with zero attached hydrogens (tertiary/aromatic N) is 1. The van der Waals surface area contributed by atoms with E-state index in [4.69, 9.17) is 15.9 Å². The number of terminal acetylenes is 1. The van der Waals surface area contributed by atoms with Crippen LogP contribution in [0.5, 0.6) is 5.75 Å². The number of hydrogen-bond donors (Lipinski definition) is 0. The van der Waals surface area contributed by atoms with Crippen molar-refractivity contribution in [3.8, 4) is 18.1 Å². The van der Waals surface area contributed by atoms with Crippen molar-refractivity contribution in [2.45, 2.75) is 37.4 Å². The number of fused-ring (bicyclic) bond motifs is 3. The smallest absolute Gasteiger partial charge is 0.269 e. The van der Waals surface area contributed by atoms with Crippen LogP contribution in [0.3, 0.4) is 0 Å². The van der Waals surface area contributed by atoms with E-state index in [2.05, 4.69) is 5.92 Å². The molecule has 0 fully saturated rings. The second-order valence-corrected chi connectivity index (χ2v) is 7.80. The van der Waals surface area contributed by atoms with Crippen molar-refractivity contribution < 1.29 is 14.3 Å². The molecular weight excluding hydrogens is 362 g/mol. The molecule has 0 unspecified atom stereocenters. The zero-order chi connectivity index (χ0) is 19.8. The van der Waals surface area contributed by atoms with Crippen molar-refractivity contribution >= 4 is 11.6 Å². The summed E-state index contributed by atoms with van der Waals surface area (Å²) < 4.78 is 12.6. The predicted octanol–water partition coefficient (Wildman–Crippen LogP) is 4.21. The highest BCUT2D eigenvalue weighted by Gasteiger charge is 2.58. The van der Waals surface area contributed by atoms with E-state index in [1.54, 1.807) is 4.90 Å². The van der Waals surface area contributed by atoms with Crippen molar-refractivity contribution in [2.75, 3.05) is 18.1 Å². The number of para-hydroxylation sites is 2. The predicted molar refractivity (Wildman–Crippen MR) is 112 cm³/mol. The molecule has 0 saturated heterocycles. The molecule has 0 radical (unpaired) electrons. The van der Waals surface area contributed by atoms with Crippen molar-refractivity contribution in [2.24, 2.45) is 0 Å². The molecule has 1 spiro atoms. The number of ether oxygens (including phenoxy) is 2. The molecule has 0 aromatic heterocycles. The molecule has 0 saturated carbocycles. The van der Waals surface area contributed by atoms with Gasteiger partial charge in [0.05, 0.1) is 18.3 Å². The third-order valence-corrected chi connectivity index (χ3v) is 6.12. The Kier molecular flexibility index (Phi) is 4.41. The first-order valence-electron chi connectivity index (χ1n) is 10.2. The van der Waals surface area contributed by atoms with Crippen LogP contribution in [-0.4, -0.2) is 25.2 Å². The van der Waals surface area contributed by atoms with Crippen LogP contribution in [0.25, 0.3) is 0 Å². The molecule has 1 amide bonds. The summed E-state index contributed by atoms with van der Waals surface area (Å²) in [5.74, 6) is 3.38. The normalized spacial score (nSPS) is 25.1. The average Bonchev–Trinajstić information content (AvgIpc) is 3.32. The largest absolute Gasteiger partial charge is 0.491 e. The van der Waals surface area contributed by atoms with Crippen molar-refractivity contribution in [3.63, 3.8) is 0 Å². The van der Waals surface area contributed by atoms with Gasteiger partial charge in [-0.25, -0.2) is 0 Å². The summed E-state index contributed by atoms with van der Waals surface area (Å²) in [5.41, 5.74) is 3.22. The van der Waals surface area contributed by atoms with Gasteiger partial charge in [0.2, 0.25) is 0 Å². The summed E-state index contributed by atoms with van der Waals surface area (Å²) in [6.07, 6.45) is 9.18. The van der Waals surface area contributed by atoms with Gasteiger partial charge in [0.15, 0.2) is 5.60 Å². The topological polar surface area (TPSA) is 38.8 Å². The number of carbonyl (C=O) groups is 1. The maximum absolute atomic E-state index is 13.7. The first-order chi connectivity index (χ1) is 14.2. The number of rotatable bonds is 4. The molecule has 146 valence electrons. The second-order valence-electron chi connectivity index (χ2n) is 7.80. The maximum atomic E-state index is 13.7. The molecule has 29 heavy (non-hydrogen) atoms. The van der Waals surface area contributed by atoms with Crippen LogP contribution in [0.2, 0.25) is 0 Å². The Morgan fingerprint density at radius 1 is 1.14 bits per heavy atom. The molecule has 2 aromatic rings. The molecule has 5 rings (SSSR count). The molecular formula is C25H23NO3. The van der Waals surface area contributed by atoms with Crippen LogP contribution in [0, 0.1) is 12.3 Å². The Morgan fingerprint density at radius 3 is 2.76 bits per heavy atom. The van der Waals surface area contributed by atoms with Gasteiger partial charge in [-0.2, -0.15) is 0 Å². The minimum absolute atomic E-state index is 0.0598. The maximum Gasteiger partial charge on any atom is 0.269 e. The lowest BCUT2D eigenvalue weighted by molar-refractivity contribution is -0.151. The van der Waals surface area contributed by atoms with E-state index in [-0.39, 0.29) is 18.6 Å². The molecule has 3 aliphatic rings. The van der Waals surface area contributed by atoms with E-state index in [0.29, 0.717) is 6.61 Å². The van der Waals surface area contributed by atoms with Gasteiger partial charge in [0.1, 0.15) is 12.4 Å². The van der Waals surface area contributed by atoms with Gasteiger partial charge in [-0.15, -0.1) is 6.42 Å². The Labute approximate surface area is 171 Å². The summed E-state index contributed by atoms with van der Waals surface area (Å²) in [4.78, 5) is 15.4. The minimum atomic E-state index is -1.05. The van der Waals surface area contributed by atoms with Gasteiger partial charge in [-0.3, -0.25) is 9.69 Å². The van der Waals surface area contributed by atoms with Crippen LogP contribution in [-0.2, 0) is 15.1 Å². The van der Waals surface area contributed by atoms with Crippen LogP contribution in [0.1, 0.15) is 31.2 Å². The van der Waals surface area contributed by atoms with Crippen molar-refractivity contribution in [1.29, 1.82) is 0 Å². The molecule has 0 bridgehead atoms. The zero-order valence-corrected chi connectivity index (χ0v) is 16.3. The fourth-order valence-corrected chi connectivity index (χ4v) is 4.97. The number of carbonyl (C=O) groups excluding carboxylic acids is 1. The minimum Gasteiger partial charge on any atom is -0.491 e. The van der Waals surface area contributed by atoms with Gasteiger partial charge in [0.25, 0.3) is 5.91 Å². The third kappa shape index (κ3) is 2.77. The average molecular weight is 385 g/mol. The van der Waals surface area contributed by atoms with Gasteiger partial charge in [-0.05, 0) is 49.5 Å².